The number of fused-ring (bicyclic) bond motifs is 2. The molecule has 0 bridgehead atoms. The minimum absolute atomic E-state index is 0.0680. The van der Waals surface area contributed by atoms with Crippen molar-refractivity contribution in [3.63, 3.8) is 0 Å². The van der Waals surface area contributed by atoms with Crippen LogP contribution in [0.1, 0.15) is 34.1 Å². The van der Waals surface area contributed by atoms with Crippen molar-refractivity contribution < 1.29 is 0 Å². The summed E-state index contributed by atoms with van der Waals surface area (Å²) in [4.78, 5) is 8.96. The zero-order chi connectivity index (χ0) is 24.1. The van der Waals surface area contributed by atoms with Gasteiger partial charge in [0, 0.05) is 30.0 Å². The van der Waals surface area contributed by atoms with Crippen LogP contribution in [0.3, 0.4) is 0 Å². The average molecular weight is 468 g/mol. The molecule has 4 aromatic rings. The molecule has 0 fully saturated rings. The zero-order valence-corrected chi connectivity index (χ0v) is 19.9. The van der Waals surface area contributed by atoms with Crippen molar-refractivity contribution in [3.8, 4) is 5.69 Å². The largest absolute Gasteiger partial charge is 0.369 e. The average Bonchev–Trinajstić information content (AvgIpc) is 3.46. The second-order valence-electron chi connectivity index (χ2n) is 9.32. The summed E-state index contributed by atoms with van der Waals surface area (Å²) < 4.78 is 2.03. The van der Waals surface area contributed by atoms with Crippen LogP contribution >= 0.6 is 0 Å². The maximum absolute atomic E-state index is 6.65. The van der Waals surface area contributed by atoms with Gasteiger partial charge in [0.2, 0.25) is 0 Å². The maximum Gasteiger partial charge on any atom is 0.199 e. The Hall–Kier alpha value is -4.11. The van der Waals surface area contributed by atoms with E-state index in [-0.39, 0.29) is 6.04 Å². The summed E-state index contributed by atoms with van der Waals surface area (Å²) in [5.41, 5.74) is 21.1. The van der Waals surface area contributed by atoms with Crippen molar-refractivity contribution in [1.29, 1.82) is 0 Å². The lowest BCUT2D eigenvalue weighted by molar-refractivity contribution is 0.229. The fraction of sp³-hybridized carbons (Fsp3) is 0.269. The van der Waals surface area contributed by atoms with Crippen molar-refractivity contribution in [2.45, 2.75) is 39.0 Å². The molecular weight excluding hydrogens is 438 g/mol. The molecule has 9 nitrogen and oxygen atoms in total. The molecule has 4 heterocycles. The molecule has 0 amide bonds. The summed E-state index contributed by atoms with van der Waals surface area (Å²) in [5.74, 6) is 1.06. The number of benzene rings is 2. The lowest BCUT2D eigenvalue weighted by Gasteiger charge is -2.44. The van der Waals surface area contributed by atoms with Gasteiger partial charge in [-0.3, -0.25) is 5.10 Å². The second kappa shape index (κ2) is 8.28. The van der Waals surface area contributed by atoms with Gasteiger partial charge in [0.1, 0.15) is 6.17 Å². The number of anilines is 1. The third-order valence-corrected chi connectivity index (χ3v) is 7.19. The molecule has 2 aromatic heterocycles. The van der Waals surface area contributed by atoms with Gasteiger partial charge in [0.15, 0.2) is 11.8 Å². The van der Waals surface area contributed by atoms with Crippen LogP contribution in [-0.4, -0.2) is 43.4 Å². The molecule has 0 aliphatic carbocycles. The Bertz CT molecular complexity index is 1420. The molecule has 2 aliphatic rings. The normalized spacial score (nSPS) is 19.3. The van der Waals surface area contributed by atoms with Crippen molar-refractivity contribution in [3.05, 3.63) is 88.9 Å². The first-order chi connectivity index (χ1) is 17.0. The molecular formula is C26H29N9. The molecule has 0 saturated heterocycles. The van der Waals surface area contributed by atoms with E-state index < -0.39 is 6.17 Å². The highest BCUT2D eigenvalue weighted by atomic mass is 15.4. The molecule has 2 atom stereocenters. The Balaban J connectivity index is 1.33. The molecule has 2 aliphatic heterocycles. The summed E-state index contributed by atoms with van der Waals surface area (Å²) in [5, 5.41) is 11.7. The van der Waals surface area contributed by atoms with Gasteiger partial charge in [-0.2, -0.15) is 15.2 Å². The first-order valence-electron chi connectivity index (χ1n) is 11.8. The van der Waals surface area contributed by atoms with E-state index in [2.05, 4.69) is 76.4 Å². The molecule has 0 spiro atoms. The summed E-state index contributed by atoms with van der Waals surface area (Å²) in [6.45, 7) is 5.75. The van der Waals surface area contributed by atoms with Gasteiger partial charge in [-0.15, -0.1) is 0 Å². The quantitative estimate of drug-likeness (QED) is 0.425. The topological polar surface area (TPSA) is 117 Å². The fourth-order valence-electron chi connectivity index (χ4n) is 5.32. The monoisotopic (exact) mass is 467 g/mol. The highest BCUT2D eigenvalue weighted by Crippen LogP contribution is 2.36. The second-order valence-corrected chi connectivity index (χ2v) is 9.32. The Morgan fingerprint density at radius 3 is 2.63 bits per heavy atom. The minimum Gasteiger partial charge on any atom is -0.369 e. The van der Waals surface area contributed by atoms with E-state index in [0.717, 1.165) is 36.5 Å². The third-order valence-electron chi connectivity index (χ3n) is 7.19. The van der Waals surface area contributed by atoms with Crippen LogP contribution in [0, 0.1) is 13.8 Å². The number of guanidine groups is 1. The van der Waals surface area contributed by atoms with Gasteiger partial charge in [-0.1, -0.05) is 36.4 Å². The van der Waals surface area contributed by atoms with Crippen LogP contribution in [0.15, 0.2) is 65.9 Å². The molecule has 2 aromatic carbocycles. The molecule has 5 N–H and O–H groups in total. The van der Waals surface area contributed by atoms with Crippen LogP contribution in [0.5, 0.6) is 0 Å². The van der Waals surface area contributed by atoms with Crippen molar-refractivity contribution in [2.24, 2.45) is 16.5 Å². The summed E-state index contributed by atoms with van der Waals surface area (Å²) >= 11 is 0. The van der Waals surface area contributed by atoms with E-state index in [0.29, 0.717) is 11.8 Å². The molecule has 0 radical (unpaired) electrons. The van der Waals surface area contributed by atoms with Crippen LogP contribution in [0.2, 0.25) is 0 Å². The smallest absolute Gasteiger partial charge is 0.199 e. The molecule has 0 saturated carbocycles. The Kier molecular flexibility index (Phi) is 5.07. The zero-order valence-electron chi connectivity index (χ0n) is 19.9. The van der Waals surface area contributed by atoms with Gasteiger partial charge in [-0.05, 0) is 43.5 Å². The fourth-order valence-corrected chi connectivity index (χ4v) is 5.32. The van der Waals surface area contributed by atoms with Crippen LogP contribution in [0.4, 0.5) is 11.5 Å². The minimum atomic E-state index is -0.399. The highest BCUT2D eigenvalue weighted by Gasteiger charge is 2.36. The maximum atomic E-state index is 6.65. The SMILES string of the molecule is Cc1ccccc1-n1ncc(CN2CC(N3C(N)=Nc4[nH]ncc4C3N)Cc3ccccc32)c1C. The number of aromatic amines is 1. The van der Waals surface area contributed by atoms with Gasteiger partial charge in [0.25, 0.3) is 0 Å². The Labute approximate surface area is 204 Å². The Morgan fingerprint density at radius 2 is 1.80 bits per heavy atom. The number of hydrogen-bond acceptors (Lipinski definition) is 7. The van der Waals surface area contributed by atoms with Crippen LogP contribution in [0.25, 0.3) is 5.69 Å². The number of aryl methyl sites for hydroxylation is 1. The van der Waals surface area contributed by atoms with E-state index in [4.69, 9.17) is 16.6 Å². The third kappa shape index (κ3) is 3.55. The van der Waals surface area contributed by atoms with Crippen molar-refractivity contribution in [2.75, 3.05) is 11.4 Å². The number of aromatic nitrogens is 4. The lowest BCUT2D eigenvalue weighted by atomic mass is 9.95. The van der Waals surface area contributed by atoms with Gasteiger partial charge < -0.3 is 21.3 Å². The summed E-state index contributed by atoms with van der Waals surface area (Å²) in [6.07, 6.45) is 4.16. The summed E-state index contributed by atoms with van der Waals surface area (Å²) in [7, 11) is 0. The molecule has 178 valence electrons. The van der Waals surface area contributed by atoms with E-state index >= 15 is 0 Å². The first-order valence-corrected chi connectivity index (χ1v) is 11.8. The lowest BCUT2D eigenvalue weighted by Crippen LogP contribution is -2.56. The van der Waals surface area contributed by atoms with E-state index in [1.54, 1.807) is 6.20 Å². The number of hydrogen-bond donors (Lipinski definition) is 3. The summed E-state index contributed by atoms with van der Waals surface area (Å²) in [6, 6.07) is 16.9. The van der Waals surface area contributed by atoms with Crippen molar-refractivity contribution in [1.82, 2.24) is 24.9 Å². The number of H-pyrrole nitrogens is 1. The standard InChI is InChI=1S/C26H29N9/c1-16-7-3-5-9-22(16)35-17(2)19(12-30-35)14-33-15-20(11-18-8-4-6-10-23(18)33)34-24(27)21-13-29-32-25(21)31-26(34)28/h3-10,12-13,20,24H,11,14-15,27H2,1-2H3,(H3,28,29,31,32). The molecule has 2 unspecified atom stereocenters. The van der Waals surface area contributed by atoms with Crippen LogP contribution in [-0.2, 0) is 13.0 Å². The number of nitrogens with one attached hydrogen (secondary N) is 1. The highest BCUT2D eigenvalue weighted by molar-refractivity contribution is 5.84. The number of nitrogens with two attached hydrogens (primary N) is 2. The Morgan fingerprint density at radius 1 is 1.03 bits per heavy atom. The molecule has 6 rings (SSSR count). The van der Waals surface area contributed by atoms with Gasteiger partial charge in [0.05, 0.1) is 29.7 Å². The number of aliphatic imine (C=N–C) groups is 1. The number of para-hydroxylation sites is 2. The first kappa shape index (κ1) is 21.4. The predicted octanol–water partition coefficient (Wildman–Crippen LogP) is 3.06. The van der Waals surface area contributed by atoms with E-state index in [1.165, 1.54) is 22.4 Å². The molecule has 9 heteroatoms. The van der Waals surface area contributed by atoms with Crippen LogP contribution < -0.4 is 16.4 Å². The predicted molar refractivity (Wildman–Crippen MR) is 137 cm³/mol. The van der Waals surface area contributed by atoms with Gasteiger partial charge in [-0.25, -0.2) is 4.68 Å². The van der Waals surface area contributed by atoms with Crippen molar-refractivity contribution >= 4 is 17.5 Å². The number of rotatable bonds is 4. The number of nitrogens with zero attached hydrogens (tertiary/aromatic N) is 6. The molecule has 35 heavy (non-hydrogen) atoms. The van der Waals surface area contributed by atoms with E-state index in [9.17, 15) is 0 Å². The van der Waals surface area contributed by atoms with E-state index in [1.807, 2.05) is 21.8 Å². The van der Waals surface area contributed by atoms with Gasteiger partial charge >= 0.3 is 0 Å².